The van der Waals surface area contributed by atoms with E-state index in [9.17, 15) is 9.18 Å². The van der Waals surface area contributed by atoms with E-state index in [0.717, 1.165) is 24.5 Å². The van der Waals surface area contributed by atoms with Gasteiger partial charge in [0.25, 0.3) is 0 Å². The van der Waals surface area contributed by atoms with E-state index in [1.807, 2.05) is 0 Å². The van der Waals surface area contributed by atoms with Crippen LogP contribution in [-0.4, -0.2) is 37.0 Å². The van der Waals surface area contributed by atoms with E-state index in [1.165, 1.54) is 18.2 Å². The maximum atomic E-state index is 13.1. The second-order valence-electron chi connectivity index (χ2n) is 5.68. The summed E-state index contributed by atoms with van der Waals surface area (Å²) in [6.45, 7) is 4.46. The number of halogens is 1. The van der Waals surface area contributed by atoms with Gasteiger partial charge in [-0.3, -0.25) is 0 Å². The van der Waals surface area contributed by atoms with E-state index in [0.29, 0.717) is 31.1 Å². The average Bonchev–Trinajstić information content (AvgIpc) is 2.56. The van der Waals surface area contributed by atoms with Gasteiger partial charge in [0.05, 0.1) is 18.9 Å². The molecular formula is C18H19FN2O3. The number of amidine groups is 1. The van der Waals surface area contributed by atoms with Gasteiger partial charge in [0.15, 0.2) is 0 Å². The Bertz CT molecular complexity index is 778. The monoisotopic (exact) mass is 330 g/mol. The van der Waals surface area contributed by atoms with Crippen molar-refractivity contribution in [3.8, 4) is 0 Å². The van der Waals surface area contributed by atoms with Crippen LogP contribution >= 0.6 is 0 Å². The summed E-state index contributed by atoms with van der Waals surface area (Å²) < 4.78 is 23.5. The van der Waals surface area contributed by atoms with Crippen LogP contribution in [-0.2, 0) is 11.2 Å². The summed E-state index contributed by atoms with van der Waals surface area (Å²) in [5.74, 6) is 1.08. The molecule has 2 aromatic rings. The van der Waals surface area contributed by atoms with Crippen molar-refractivity contribution < 1.29 is 13.5 Å². The fourth-order valence-electron chi connectivity index (χ4n) is 2.63. The average molecular weight is 330 g/mol. The number of hydrogen-bond donors (Lipinski definition) is 0. The maximum Gasteiger partial charge on any atom is 0.338 e. The summed E-state index contributed by atoms with van der Waals surface area (Å²) in [4.78, 5) is 18.3. The number of rotatable bonds is 3. The first-order chi connectivity index (χ1) is 11.6. The van der Waals surface area contributed by atoms with E-state index < -0.39 is 5.63 Å². The molecule has 0 aliphatic carbocycles. The summed E-state index contributed by atoms with van der Waals surface area (Å²) in [6, 6.07) is 9.47. The van der Waals surface area contributed by atoms with Gasteiger partial charge < -0.3 is 14.1 Å². The molecule has 0 spiro atoms. The number of nitrogens with zero attached hydrogens (tertiary/aromatic N) is 2. The predicted octanol–water partition coefficient (Wildman–Crippen LogP) is 2.69. The Hall–Kier alpha value is -2.47. The minimum absolute atomic E-state index is 0.264. The summed E-state index contributed by atoms with van der Waals surface area (Å²) in [6.07, 6.45) is 0.555. The highest BCUT2D eigenvalue weighted by Gasteiger charge is 2.16. The molecule has 0 atom stereocenters. The van der Waals surface area contributed by atoms with Gasteiger partial charge >= 0.3 is 5.63 Å². The van der Waals surface area contributed by atoms with Crippen LogP contribution in [0.3, 0.4) is 0 Å². The lowest BCUT2D eigenvalue weighted by atomic mass is 10.1. The number of ether oxygens (including phenoxy) is 1. The molecule has 1 aromatic carbocycles. The lowest BCUT2D eigenvalue weighted by molar-refractivity contribution is 0.0674. The van der Waals surface area contributed by atoms with Crippen molar-refractivity contribution in [2.75, 3.05) is 26.3 Å². The van der Waals surface area contributed by atoms with E-state index in [-0.39, 0.29) is 5.82 Å². The zero-order valence-corrected chi connectivity index (χ0v) is 13.5. The first-order valence-electron chi connectivity index (χ1n) is 7.87. The van der Waals surface area contributed by atoms with Crippen molar-refractivity contribution in [3.05, 3.63) is 64.0 Å². The normalized spacial score (nSPS) is 15.6. The Kier molecular flexibility index (Phi) is 5.05. The zero-order valence-electron chi connectivity index (χ0n) is 13.5. The molecule has 1 saturated heterocycles. The van der Waals surface area contributed by atoms with Crippen LogP contribution in [0.25, 0.3) is 0 Å². The van der Waals surface area contributed by atoms with Crippen molar-refractivity contribution in [3.63, 3.8) is 0 Å². The molecule has 3 rings (SSSR count). The molecule has 0 bridgehead atoms. The van der Waals surface area contributed by atoms with E-state index >= 15 is 0 Å². The maximum absolute atomic E-state index is 13.1. The van der Waals surface area contributed by atoms with Gasteiger partial charge in [0.1, 0.15) is 17.4 Å². The van der Waals surface area contributed by atoms with Crippen LogP contribution in [0, 0.1) is 12.7 Å². The van der Waals surface area contributed by atoms with Gasteiger partial charge in [-0.1, -0.05) is 12.1 Å². The summed E-state index contributed by atoms with van der Waals surface area (Å²) in [5, 5.41) is 0. The molecule has 1 aliphatic rings. The second kappa shape index (κ2) is 7.40. The van der Waals surface area contributed by atoms with Crippen LogP contribution in [0.2, 0.25) is 0 Å². The first kappa shape index (κ1) is 16.4. The first-order valence-corrected chi connectivity index (χ1v) is 7.87. The quantitative estimate of drug-likeness (QED) is 0.641. The summed E-state index contributed by atoms with van der Waals surface area (Å²) >= 11 is 0. The van der Waals surface area contributed by atoms with Gasteiger partial charge in [0, 0.05) is 31.6 Å². The lowest BCUT2D eigenvalue weighted by Gasteiger charge is -2.30. The number of aliphatic imine (C=N–C) groups is 1. The van der Waals surface area contributed by atoms with E-state index in [2.05, 4.69) is 9.89 Å². The second-order valence-corrected chi connectivity index (χ2v) is 5.68. The van der Waals surface area contributed by atoms with Crippen LogP contribution in [0.1, 0.15) is 11.3 Å². The minimum atomic E-state index is -0.420. The van der Waals surface area contributed by atoms with E-state index in [4.69, 9.17) is 9.15 Å². The predicted molar refractivity (Wildman–Crippen MR) is 89.3 cm³/mol. The molecule has 24 heavy (non-hydrogen) atoms. The van der Waals surface area contributed by atoms with Crippen molar-refractivity contribution in [2.24, 2.45) is 4.99 Å². The largest absolute Gasteiger partial charge is 0.428 e. The Morgan fingerprint density at radius 3 is 2.58 bits per heavy atom. The molecule has 1 fully saturated rings. The van der Waals surface area contributed by atoms with Crippen LogP contribution < -0.4 is 5.63 Å². The van der Waals surface area contributed by atoms with Gasteiger partial charge in [-0.25, -0.2) is 14.2 Å². The smallest absolute Gasteiger partial charge is 0.338 e. The molecule has 126 valence electrons. The van der Waals surface area contributed by atoms with Crippen molar-refractivity contribution in [1.82, 2.24) is 4.90 Å². The number of morpholine rings is 1. The highest BCUT2D eigenvalue weighted by molar-refractivity contribution is 5.87. The van der Waals surface area contributed by atoms with Gasteiger partial charge in [-0.2, -0.15) is 0 Å². The molecule has 0 amide bonds. The molecule has 1 aliphatic heterocycles. The zero-order chi connectivity index (χ0) is 16.9. The Balaban J connectivity index is 1.92. The molecule has 0 unspecified atom stereocenters. The van der Waals surface area contributed by atoms with Gasteiger partial charge in [-0.15, -0.1) is 0 Å². The Morgan fingerprint density at radius 1 is 1.21 bits per heavy atom. The Morgan fingerprint density at radius 2 is 1.92 bits per heavy atom. The number of benzene rings is 1. The SMILES string of the molecule is Cc1cc(N=C(Cc2ccc(F)cc2)N2CCOCC2)cc(=O)o1. The Labute approximate surface area is 139 Å². The van der Waals surface area contributed by atoms with Gasteiger partial charge in [-0.05, 0) is 24.6 Å². The number of hydrogen-bond acceptors (Lipinski definition) is 4. The lowest BCUT2D eigenvalue weighted by Crippen LogP contribution is -2.41. The molecule has 6 heteroatoms. The highest BCUT2D eigenvalue weighted by Crippen LogP contribution is 2.15. The molecule has 5 nitrogen and oxygen atoms in total. The molecule has 0 N–H and O–H groups in total. The fraction of sp³-hybridized carbons (Fsp3) is 0.333. The third-order valence-corrected chi connectivity index (χ3v) is 3.79. The van der Waals surface area contributed by atoms with E-state index in [1.54, 1.807) is 25.1 Å². The third kappa shape index (κ3) is 4.29. The van der Waals surface area contributed by atoms with Crippen molar-refractivity contribution in [2.45, 2.75) is 13.3 Å². The molecule has 0 saturated carbocycles. The summed E-state index contributed by atoms with van der Waals surface area (Å²) in [7, 11) is 0. The third-order valence-electron chi connectivity index (χ3n) is 3.79. The molecule has 0 radical (unpaired) electrons. The minimum Gasteiger partial charge on any atom is -0.428 e. The van der Waals surface area contributed by atoms with Crippen molar-refractivity contribution in [1.29, 1.82) is 0 Å². The molecule has 2 heterocycles. The fourth-order valence-corrected chi connectivity index (χ4v) is 2.63. The highest BCUT2D eigenvalue weighted by atomic mass is 19.1. The van der Waals surface area contributed by atoms with Crippen LogP contribution in [0.15, 0.2) is 50.6 Å². The molecular weight excluding hydrogens is 311 g/mol. The van der Waals surface area contributed by atoms with Crippen molar-refractivity contribution >= 4 is 11.5 Å². The topological polar surface area (TPSA) is 55.0 Å². The number of aryl methyl sites for hydroxylation is 1. The summed E-state index contributed by atoms with van der Waals surface area (Å²) in [5.41, 5.74) is 1.10. The standard InChI is InChI=1S/C18H19FN2O3/c1-13-10-16(12-18(22)24-13)20-17(21-6-8-23-9-7-21)11-14-2-4-15(19)5-3-14/h2-5,10,12H,6-9,11H2,1H3. The van der Waals surface area contributed by atoms with Gasteiger partial charge in [0.2, 0.25) is 0 Å². The molecule has 1 aromatic heterocycles. The van der Waals surface area contributed by atoms with Crippen LogP contribution in [0.5, 0.6) is 0 Å². The van der Waals surface area contributed by atoms with Crippen LogP contribution in [0.4, 0.5) is 10.1 Å².